The van der Waals surface area contributed by atoms with E-state index in [9.17, 15) is 5.11 Å². The first kappa shape index (κ1) is 11.2. The molecule has 3 rings (SSSR count). The van der Waals surface area contributed by atoms with Gasteiger partial charge in [0.05, 0.1) is 12.6 Å². The Morgan fingerprint density at radius 1 is 1.29 bits per heavy atom. The molecule has 0 bridgehead atoms. The van der Waals surface area contributed by atoms with Crippen LogP contribution in [0.1, 0.15) is 36.7 Å². The number of likely N-dealkylation sites (tertiary alicyclic amines) is 1. The van der Waals surface area contributed by atoms with Crippen molar-refractivity contribution in [1.29, 1.82) is 0 Å². The fourth-order valence-electron chi connectivity index (χ4n) is 3.05. The SMILES string of the molecule is CN1CCC(c2ncc3n2CC(O)CC3)CC1. The van der Waals surface area contributed by atoms with Gasteiger partial charge in [-0.3, -0.25) is 0 Å². The van der Waals surface area contributed by atoms with Gasteiger partial charge in [-0.2, -0.15) is 0 Å². The summed E-state index contributed by atoms with van der Waals surface area (Å²) >= 11 is 0. The molecule has 0 saturated carbocycles. The zero-order valence-corrected chi connectivity index (χ0v) is 10.5. The highest BCUT2D eigenvalue weighted by molar-refractivity contribution is 5.13. The molecule has 1 saturated heterocycles. The van der Waals surface area contributed by atoms with Gasteiger partial charge in [0.2, 0.25) is 0 Å². The Kier molecular flexibility index (Phi) is 2.92. The predicted molar refractivity (Wildman–Crippen MR) is 66.0 cm³/mol. The van der Waals surface area contributed by atoms with Crippen LogP contribution < -0.4 is 0 Å². The standard InChI is InChI=1S/C13H21N3O/c1-15-6-4-10(5-7-15)13-14-8-11-2-3-12(17)9-16(11)13/h8,10,12,17H,2-7,9H2,1H3. The molecule has 1 aromatic heterocycles. The molecule has 0 amide bonds. The Morgan fingerprint density at radius 3 is 2.82 bits per heavy atom. The molecule has 3 heterocycles. The highest BCUT2D eigenvalue weighted by atomic mass is 16.3. The van der Waals surface area contributed by atoms with Crippen molar-refractivity contribution < 1.29 is 5.11 Å². The number of hydrogen-bond donors (Lipinski definition) is 1. The average molecular weight is 235 g/mol. The normalized spacial score (nSPS) is 27.1. The molecule has 4 nitrogen and oxygen atoms in total. The van der Waals surface area contributed by atoms with Crippen molar-refractivity contribution in [2.75, 3.05) is 20.1 Å². The van der Waals surface area contributed by atoms with Crippen molar-refractivity contribution in [2.24, 2.45) is 0 Å². The van der Waals surface area contributed by atoms with E-state index in [1.807, 2.05) is 6.20 Å². The van der Waals surface area contributed by atoms with E-state index in [4.69, 9.17) is 0 Å². The Morgan fingerprint density at radius 2 is 2.06 bits per heavy atom. The van der Waals surface area contributed by atoms with E-state index in [0.29, 0.717) is 5.92 Å². The molecule has 1 atom stereocenters. The average Bonchev–Trinajstić information content (AvgIpc) is 2.73. The second-order valence-electron chi connectivity index (χ2n) is 5.49. The number of nitrogens with zero attached hydrogens (tertiary/aromatic N) is 3. The molecular weight excluding hydrogens is 214 g/mol. The quantitative estimate of drug-likeness (QED) is 0.789. The number of fused-ring (bicyclic) bond motifs is 1. The highest BCUT2D eigenvalue weighted by Crippen LogP contribution is 2.29. The summed E-state index contributed by atoms with van der Waals surface area (Å²) in [6.45, 7) is 3.07. The van der Waals surface area contributed by atoms with E-state index >= 15 is 0 Å². The van der Waals surface area contributed by atoms with Gasteiger partial charge >= 0.3 is 0 Å². The van der Waals surface area contributed by atoms with Gasteiger partial charge in [-0.25, -0.2) is 4.98 Å². The summed E-state index contributed by atoms with van der Waals surface area (Å²) in [6, 6.07) is 0. The van der Waals surface area contributed by atoms with Gasteiger partial charge < -0.3 is 14.6 Å². The van der Waals surface area contributed by atoms with E-state index in [-0.39, 0.29) is 6.10 Å². The fraction of sp³-hybridized carbons (Fsp3) is 0.769. The van der Waals surface area contributed by atoms with Crippen LogP contribution in [0.2, 0.25) is 0 Å². The summed E-state index contributed by atoms with van der Waals surface area (Å²) in [5.41, 5.74) is 1.31. The summed E-state index contributed by atoms with van der Waals surface area (Å²) in [5, 5.41) is 9.78. The van der Waals surface area contributed by atoms with Crippen molar-refractivity contribution in [3.63, 3.8) is 0 Å². The van der Waals surface area contributed by atoms with E-state index in [0.717, 1.165) is 32.5 Å². The third kappa shape index (κ3) is 2.11. The number of aliphatic hydroxyl groups is 1. The molecule has 1 N–H and O–H groups in total. The van der Waals surface area contributed by atoms with Crippen LogP contribution in [0.3, 0.4) is 0 Å². The van der Waals surface area contributed by atoms with E-state index in [1.54, 1.807) is 0 Å². The number of aromatic nitrogens is 2. The van der Waals surface area contributed by atoms with E-state index < -0.39 is 0 Å². The molecule has 17 heavy (non-hydrogen) atoms. The summed E-state index contributed by atoms with van der Waals surface area (Å²) < 4.78 is 2.27. The number of piperidine rings is 1. The molecule has 0 spiro atoms. The molecule has 94 valence electrons. The van der Waals surface area contributed by atoms with Crippen LogP contribution in [0.15, 0.2) is 6.20 Å². The van der Waals surface area contributed by atoms with Crippen LogP contribution >= 0.6 is 0 Å². The van der Waals surface area contributed by atoms with Gasteiger partial charge in [0.15, 0.2) is 0 Å². The molecule has 1 fully saturated rings. The fourth-order valence-corrected chi connectivity index (χ4v) is 3.05. The van der Waals surface area contributed by atoms with Crippen molar-refractivity contribution in [2.45, 2.75) is 44.2 Å². The Hall–Kier alpha value is -0.870. The molecule has 2 aliphatic rings. The first-order chi connectivity index (χ1) is 8.24. The number of imidazole rings is 1. The third-order valence-electron chi connectivity index (χ3n) is 4.18. The summed E-state index contributed by atoms with van der Waals surface area (Å²) in [4.78, 5) is 6.99. The minimum absolute atomic E-state index is 0.179. The second-order valence-corrected chi connectivity index (χ2v) is 5.49. The van der Waals surface area contributed by atoms with Crippen molar-refractivity contribution in [3.05, 3.63) is 17.7 Å². The lowest BCUT2D eigenvalue weighted by Gasteiger charge is -2.30. The van der Waals surface area contributed by atoms with Crippen molar-refractivity contribution >= 4 is 0 Å². The van der Waals surface area contributed by atoms with Gasteiger partial charge in [0, 0.05) is 17.8 Å². The summed E-state index contributed by atoms with van der Waals surface area (Å²) in [7, 11) is 2.18. The van der Waals surface area contributed by atoms with Crippen molar-refractivity contribution in [1.82, 2.24) is 14.5 Å². The predicted octanol–water partition coefficient (Wildman–Crippen LogP) is 0.999. The van der Waals surface area contributed by atoms with Crippen molar-refractivity contribution in [3.8, 4) is 0 Å². The minimum Gasteiger partial charge on any atom is -0.391 e. The molecule has 1 unspecified atom stereocenters. The number of aliphatic hydroxyl groups excluding tert-OH is 1. The maximum Gasteiger partial charge on any atom is 0.112 e. The third-order valence-corrected chi connectivity index (χ3v) is 4.18. The van der Waals surface area contributed by atoms with Crippen LogP contribution in [-0.2, 0) is 13.0 Å². The first-order valence-electron chi connectivity index (χ1n) is 6.65. The molecular formula is C13H21N3O. The maximum atomic E-state index is 9.78. The van der Waals surface area contributed by atoms with Crippen LogP contribution in [0.5, 0.6) is 0 Å². The van der Waals surface area contributed by atoms with E-state index in [2.05, 4.69) is 21.5 Å². The van der Waals surface area contributed by atoms with Crippen LogP contribution in [-0.4, -0.2) is 45.8 Å². The lowest BCUT2D eigenvalue weighted by Crippen LogP contribution is -2.32. The van der Waals surface area contributed by atoms with Gasteiger partial charge in [-0.1, -0.05) is 0 Å². The topological polar surface area (TPSA) is 41.3 Å². The monoisotopic (exact) mass is 235 g/mol. The lowest BCUT2D eigenvalue weighted by atomic mass is 9.96. The molecule has 0 aliphatic carbocycles. The lowest BCUT2D eigenvalue weighted by molar-refractivity contribution is 0.128. The number of hydrogen-bond acceptors (Lipinski definition) is 3. The van der Waals surface area contributed by atoms with Gasteiger partial charge in [-0.05, 0) is 45.8 Å². The highest BCUT2D eigenvalue weighted by Gasteiger charge is 2.26. The Bertz CT molecular complexity index is 393. The summed E-state index contributed by atoms with van der Waals surface area (Å²) in [5.74, 6) is 1.80. The van der Waals surface area contributed by atoms with E-state index in [1.165, 1.54) is 24.4 Å². The van der Waals surface area contributed by atoms with Gasteiger partial charge in [0.25, 0.3) is 0 Å². The van der Waals surface area contributed by atoms with Crippen LogP contribution in [0.25, 0.3) is 0 Å². The maximum absolute atomic E-state index is 9.78. The zero-order chi connectivity index (χ0) is 11.8. The zero-order valence-electron chi connectivity index (χ0n) is 10.5. The largest absolute Gasteiger partial charge is 0.391 e. The molecule has 4 heteroatoms. The number of aryl methyl sites for hydroxylation is 1. The Balaban J connectivity index is 1.81. The second kappa shape index (κ2) is 4.42. The molecule has 0 aromatic carbocycles. The van der Waals surface area contributed by atoms with Gasteiger partial charge in [-0.15, -0.1) is 0 Å². The van der Waals surface area contributed by atoms with Gasteiger partial charge in [0.1, 0.15) is 5.82 Å². The summed E-state index contributed by atoms with van der Waals surface area (Å²) in [6.07, 6.45) is 6.09. The first-order valence-corrected chi connectivity index (χ1v) is 6.65. The Labute approximate surface area is 102 Å². The van der Waals surface area contributed by atoms with Crippen LogP contribution in [0, 0.1) is 0 Å². The smallest absolute Gasteiger partial charge is 0.112 e. The van der Waals surface area contributed by atoms with Crippen LogP contribution in [0.4, 0.5) is 0 Å². The minimum atomic E-state index is -0.179. The molecule has 2 aliphatic heterocycles. The molecule has 0 radical (unpaired) electrons. The molecule has 1 aromatic rings. The number of rotatable bonds is 1.